The van der Waals surface area contributed by atoms with Crippen LogP contribution in [0.15, 0.2) is 66.1 Å². The molecule has 5 N–H and O–H groups in total. The Morgan fingerprint density at radius 1 is 0.967 bits per heavy atom. The van der Waals surface area contributed by atoms with E-state index in [0.29, 0.717) is 11.3 Å². The van der Waals surface area contributed by atoms with Gasteiger partial charge in [-0.25, -0.2) is 15.0 Å². The number of para-hydroxylation sites is 2. The normalized spacial score (nSPS) is 10.7. The number of rotatable bonds is 5. The summed E-state index contributed by atoms with van der Waals surface area (Å²) in [4.78, 5) is 39.7. The van der Waals surface area contributed by atoms with E-state index in [1.807, 2.05) is 36.4 Å². The standard InChI is InChI=1S/C20H17N7O2S/c21-17-16(22-9-10-23-17)19(29)27-26-18(28)13-7-5-12(6-8-13)11-30-20-24-14-3-1-2-4-15(14)25-20/h1-10H,11H2,(H2,21,23)(H,24,25)(H,26,28)(H,27,29). The molecule has 0 bridgehead atoms. The molecule has 0 aliphatic carbocycles. The molecule has 9 nitrogen and oxygen atoms in total. The average Bonchev–Trinajstić information content (AvgIpc) is 3.19. The molecule has 0 spiro atoms. The molecular weight excluding hydrogens is 402 g/mol. The second kappa shape index (κ2) is 8.62. The Morgan fingerprint density at radius 3 is 2.47 bits per heavy atom. The first-order chi connectivity index (χ1) is 14.6. The van der Waals surface area contributed by atoms with Gasteiger partial charge in [-0.15, -0.1) is 0 Å². The Labute approximate surface area is 175 Å². The first-order valence-electron chi connectivity index (χ1n) is 8.94. The summed E-state index contributed by atoms with van der Waals surface area (Å²) in [6.45, 7) is 0. The van der Waals surface area contributed by atoms with E-state index in [2.05, 4.69) is 30.8 Å². The lowest BCUT2D eigenvalue weighted by atomic mass is 10.1. The van der Waals surface area contributed by atoms with E-state index in [0.717, 1.165) is 21.8 Å². The lowest BCUT2D eigenvalue weighted by Crippen LogP contribution is -2.42. The fourth-order valence-corrected chi connectivity index (χ4v) is 3.51. The van der Waals surface area contributed by atoms with Crippen LogP contribution in [0.25, 0.3) is 11.0 Å². The summed E-state index contributed by atoms with van der Waals surface area (Å²) in [5.74, 6) is -0.421. The Morgan fingerprint density at radius 2 is 1.70 bits per heavy atom. The molecule has 4 rings (SSSR count). The molecule has 2 heterocycles. The van der Waals surface area contributed by atoms with Gasteiger partial charge in [-0.2, -0.15) is 0 Å². The van der Waals surface area contributed by atoms with Crippen LogP contribution in [0.1, 0.15) is 26.4 Å². The highest BCUT2D eigenvalue weighted by Gasteiger charge is 2.13. The van der Waals surface area contributed by atoms with Crippen molar-refractivity contribution in [3.05, 3.63) is 77.7 Å². The van der Waals surface area contributed by atoms with Crippen LogP contribution in [-0.4, -0.2) is 31.8 Å². The maximum absolute atomic E-state index is 12.2. The second-order valence-electron chi connectivity index (χ2n) is 6.24. The fraction of sp³-hybridized carbons (Fsp3) is 0.0500. The third-order valence-corrected chi connectivity index (χ3v) is 5.13. The number of nitrogens with zero attached hydrogens (tertiary/aromatic N) is 3. The monoisotopic (exact) mass is 419 g/mol. The van der Waals surface area contributed by atoms with E-state index < -0.39 is 11.8 Å². The van der Waals surface area contributed by atoms with E-state index in [4.69, 9.17) is 5.73 Å². The molecule has 10 heteroatoms. The summed E-state index contributed by atoms with van der Waals surface area (Å²) in [5.41, 5.74) is 13.5. The van der Waals surface area contributed by atoms with Crippen molar-refractivity contribution in [2.45, 2.75) is 10.9 Å². The molecule has 30 heavy (non-hydrogen) atoms. The molecule has 4 aromatic rings. The average molecular weight is 419 g/mol. The van der Waals surface area contributed by atoms with Gasteiger partial charge in [-0.05, 0) is 29.8 Å². The number of carbonyl (C=O) groups excluding carboxylic acids is 2. The van der Waals surface area contributed by atoms with Crippen molar-refractivity contribution in [2.75, 3.05) is 5.73 Å². The molecule has 150 valence electrons. The third-order valence-electron chi connectivity index (χ3n) is 4.19. The zero-order valence-electron chi connectivity index (χ0n) is 15.6. The van der Waals surface area contributed by atoms with Gasteiger partial charge in [0.2, 0.25) is 0 Å². The quantitative estimate of drug-likeness (QED) is 0.287. The summed E-state index contributed by atoms with van der Waals surface area (Å²) in [5, 5.41) is 0.837. The minimum absolute atomic E-state index is 0.0180. The number of thioether (sulfide) groups is 1. The maximum Gasteiger partial charge on any atom is 0.292 e. The summed E-state index contributed by atoms with van der Waals surface area (Å²) < 4.78 is 0. The van der Waals surface area contributed by atoms with Crippen LogP contribution in [-0.2, 0) is 5.75 Å². The number of nitrogens with one attached hydrogen (secondary N) is 3. The Bertz CT molecular complexity index is 1170. The van der Waals surface area contributed by atoms with E-state index in [1.54, 1.807) is 23.9 Å². The lowest BCUT2D eigenvalue weighted by molar-refractivity contribution is 0.0844. The molecule has 0 atom stereocenters. The highest BCUT2D eigenvalue weighted by atomic mass is 32.2. The number of aromatic nitrogens is 4. The number of hydrogen-bond acceptors (Lipinski definition) is 7. The number of amides is 2. The van der Waals surface area contributed by atoms with Gasteiger partial charge in [0.05, 0.1) is 11.0 Å². The smallest absolute Gasteiger partial charge is 0.292 e. The van der Waals surface area contributed by atoms with Gasteiger partial charge >= 0.3 is 0 Å². The van der Waals surface area contributed by atoms with Crippen molar-refractivity contribution >= 4 is 40.4 Å². The van der Waals surface area contributed by atoms with Crippen molar-refractivity contribution in [1.29, 1.82) is 0 Å². The maximum atomic E-state index is 12.2. The van der Waals surface area contributed by atoms with Crippen molar-refractivity contribution in [3.8, 4) is 0 Å². The topological polar surface area (TPSA) is 139 Å². The highest BCUT2D eigenvalue weighted by Crippen LogP contribution is 2.23. The molecule has 2 aromatic heterocycles. The van der Waals surface area contributed by atoms with Crippen LogP contribution in [0.3, 0.4) is 0 Å². The molecule has 0 aliphatic rings. The van der Waals surface area contributed by atoms with Crippen LogP contribution < -0.4 is 16.6 Å². The van der Waals surface area contributed by atoms with Gasteiger partial charge < -0.3 is 10.7 Å². The number of imidazole rings is 1. The number of carbonyl (C=O) groups is 2. The van der Waals surface area contributed by atoms with E-state index >= 15 is 0 Å². The number of benzene rings is 2. The van der Waals surface area contributed by atoms with Crippen molar-refractivity contribution in [1.82, 2.24) is 30.8 Å². The summed E-state index contributed by atoms with van der Waals surface area (Å²) >= 11 is 1.58. The molecular formula is C20H17N7O2S. The number of anilines is 1. The predicted molar refractivity (Wildman–Crippen MR) is 113 cm³/mol. The zero-order valence-corrected chi connectivity index (χ0v) is 16.4. The number of nitrogens with two attached hydrogens (primary N) is 1. The number of aromatic amines is 1. The van der Waals surface area contributed by atoms with E-state index in [-0.39, 0.29) is 11.5 Å². The number of hydrogen-bond donors (Lipinski definition) is 4. The first kappa shape index (κ1) is 19.4. The second-order valence-corrected chi connectivity index (χ2v) is 7.21. The number of fused-ring (bicyclic) bond motifs is 1. The molecule has 2 amide bonds. The van der Waals surface area contributed by atoms with Crippen molar-refractivity contribution in [3.63, 3.8) is 0 Å². The van der Waals surface area contributed by atoms with Crippen LogP contribution in [0.5, 0.6) is 0 Å². The fourth-order valence-electron chi connectivity index (χ4n) is 2.67. The van der Waals surface area contributed by atoms with Crippen LogP contribution in [0.4, 0.5) is 5.82 Å². The van der Waals surface area contributed by atoms with Crippen LogP contribution in [0.2, 0.25) is 0 Å². The summed E-state index contributed by atoms with van der Waals surface area (Å²) in [6.07, 6.45) is 2.72. The zero-order chi connectivity index (χ0) is 20.9. The number of nitrogen functional groups attached to an aromatic ring is 1. The minimum atomic E-state index is -0.646. The van der Waals surface area contributed by atoms with E-state index in [9.17, 15) is 9.59 Å². The molecule has 2 aromatic carbocycles. The van der Waals surface area contributed by atoms with Crippen molar-refractivity contribution in [2.24, 2.45) is 0 Å². The molecule has 0 unspecified atom stereocenters. The minimum Gasteiger partial charge on any atom is -0.382 e. The van der Waals surface area contributed by atoms with Gasteiger partial charge in [0.25, 0.3) is 11.8 Å². The number of H-pyrrole nitrogens is 1. The summed E-state index contributed by atoms with van der Waals surface area (Å²) in [7, 11) is 0. The Kier molecular flexibility index (Phi) is 5.57. The van der Waals surface area contributed by atoms with Crippen LogP contribution in [0, 0.1) is 0 Å². The van der Waals surface area contributed by atoms with Crippen molar-refractivity contribution < 1.29 is 9.59 Å². The Balaban J connectivity index is 1.32. The lowest BCUT2D eigenvalue weighted by Gasteiger charge is -2.08. The SMILES string of the molecule is Nc1nccnc1C(=O)NNC(=O)c1ccc(CSc2nc3ccccc3[nH]2)cc1. The first-order valence-corrected chi connectivity index (χ1v) is 9.92. The predicted octanol–water partition coefficient (Wildman–Crippen LogP) is 2.30. The van der Waals surface area contributed by atoms with Gasteiger partial charge in [-0.1, -0.05) is 36.0 Å². The molecule has 0 radical (unpaired) electrons. The van der Waals surface area contributed by atoms with Gasteiger partial charge in [-0.3, -0.25) is 20.4 Å². The Hall–Kier alpha value is -3.92. The molecule has 0 saturated heterocycles. The van der Waals surface area contributed by atoms with Gasteiger partial charge in [0.15, 0.2) is 16.7 Å². The molecule has 0 saturated carbocycles. The number of hydrazine groups is 1. The summed E-state index contributed by atoms with van der Waals surface area (Å²) in [6, 6.07) is 14.9. The highest BCUT2D eigenvalue weighted by molar-refractivity contribution is 7.98. The molecule has 0 aliphatic heterocycles. The van der Waals surface area contributed by atoms with E-state index in [1.165, 1.54) is 12.4 Å². The van der Waals surface area contributed by atoms with Crippen LogP contribution >= 0.6 is 11.8 Å². The van der Waals surface area contributed by atoms with Gasteiger partial charge in [0, 0.05) is 23.7 Å². The third kappa shape index (κ3) is 4.39. The molecule has 0 fully saturated rings. The van der Waals surface area contributed by atoms with Gasteiger partial charge in [0.1, 0.15) is 0 Å². The largest absolute Gasteiger partial charge is 0.382 e.